The van der Waals surface area contributed by atoms with Gasteiger partial charge in [0.05, 0.1) is 5.56 Å². The van der Waals surface area contributed by atoms with Crippen LogP contribution in [0.3, 0.4) is 0 Å². The Hall–Kier alpha value is -2.37. The molecule has 0 aliphatic carbocycles. The van der Waals surface area contributed by atoms with Gasteiger partial charge in [-0.1, -0.05) is 35.9 Å². The first-order valence-electron chi connectivity index (χ1n) is 8.36. The number of anilines is 1. The van der Waals surface area contributed by atoms with Crippen molar-refractivity contribution in [2.75, 3.05) is 19.5 Å². The normalized spacial score (nSPS) is 11.4. The first-order valence-corrected chi connectivity index (χ1v) is 10.2. The highest BCUT2D eigenvalue weighted by Crippen LogP contribution is 2.49. The number of halogens is 1. The highest BCUT2D eigenvalue weighted by Gasteiger charge is 2.28. The van der Waals surface area contributed by atoms with E-state index in [0.29, 0.717) is 10.7 Å². The van der Waals surface area contributed by atoms with Gasteiger partial charge in [0.2, 0.25) is 0 Å². The Morgan fingerprint density at radius 2 is 1.64 bits per heavy atom. The number of phosphoric acid groups is 1. The summed E-state index contributed by atoms with van der Waals surface area (Å²) in [6.45, 7) is 1.84. The maximum Gasteiger partial charge on any atom is 0.529 e. The van der Waals surface area contributed by atoms with E-state index in [1.807, 2.05) is 31.2 Å². The lowest BCUT2D eigenvalue weighted by Crippen LogP contribution is -2.14. The van der Waals surface area contributed by atoms with Crippen molar-refractivity contribution in [3.8, 4) is 5.75 Å². The largest absolute Gasteiger partial charge is 0.529 e. The van der Waals surface area contributed by atoms with Crippen molar-refractivity contribution in [3.63, 3.8) is 0 Å². The average Bonchev–Trinajstić information content (AvgIpc) is 2.69. The van der Waals surface area contributed by atoms with E-state index in [0.717, 1.165) is 16.3 Å². The molecule has 146 valence electrons. The Balaban J connectivity index is 2.05. The van der Waals surface area contributed by atoms with E-state index in [1.165, 1.54) is 14.2 Å². The molecule has 0 radical (unpaired) electrons. The zero-order valence-corrected chi connectivity index (χ0v) is 17.2. The molecule has 0 heterocycles. The van der Waals surface area contributed by atoms with Crippen molar-refractivity contribution >= 4 is 41.8 Å². The van der Waals surface area contributed by atoms with Crippen LogP contribution < -0.4 is 9.84 Å². The van der Waals surface area contributed by atoms with Crippen molar-refractivity contribution in [2.45, 2.75) is 6.92 Å². The predicted octanol–water partition coefficient (Wildman–Crippen LogP) is 5.83. The third kappa shape index (κ3) is 4.37. The fourth-order valence-electron chi connectivity index (χ4n) is 2.70. The maximum absolute atomic E-state index is 13.0. The van der Waals surface area contributed by atoms with E-state index in [1.54, 1.807) is 30.3 Å². The summed E-state index contributed by atoms with van der Waals surface area (Å²) < 4.78 is 27.7. The smallest absolute Gasteiger partial charge is 0.403 e. The van der Waals surface area contributed by atoms with Gasteiger partial charge in [0, 0.05) is 24.9 Å². The fraction of sp³-hybridized carbons (Fsp3) is 0.150. The van der Waals surface area contributed by atoms with E-state index < -0.39 is 13.7 Å². The van der Waals surface area contributed by atoms with Crippen LogP contribution in [0, 0.1) is 6.92 Å². The molecule has 3 aromatic rings. The molecule has 6 nitrogen and oxygen atoms in total. The third-order valence-electron chi connectivity index (χ3n) is 4.19. The molecule has 0 fully saturated rings. The fourth-order valence-corrected chi connectivity index (χ4v) is 3.62. The molecule has 0 unspecified atom stereocenters. The van der Waals surface area contributed by atoms with Gasteiger partial charge in [0.15, 0.2) is 0 Å². The topological polar surface area (TPSA) is 73.9 Å². The second-order valence-electron chi connectivity index (χ2n) is 6.01. The summed E-state index contributed by atoms with van der Waals surface area (Å²) in [5, 5.41) is 5.05. The minimum Gasteiger partial charge on any atom is -0.403 e. The Bertz CT molecular complexity index is 1080. The van der Waals surface area contributed by atoms with Crippen molar-refractivity contribution in [2.24, 2.45) is 0 Å². The molecule has 1 amide bonds. The molecule has 8 heteroatoms. The van der Waals surface area contributed by atoms with Gasteiger partial charge < -0.3 is 9.84 Å². The van der Waals surface area contributed by atoms with Crippen LogP contribution in [-0.4, -0.2) is 20.1 Å². The van der Waals surface area contributed by atoms with Crippen LogP contribution in [0.25, 0.3) is 10.8 Å². The molecule has 1 N–H and O–H groups in total. The van der Waals surface area contributed by atoms with Gasteiger partial charge in [-0.15, -0.1) is 0 Å². The molecular weight excluding hydrogens is 401 g/mol. The summed E-state index contributed by atoms with van der Waals surface area (Å²) >= 11 is 5.97. The molecule has 0 atom stereocenters. The van der Waals surface area contributed by atoms with Gasteiger partial charge in [0.25, 0.3) is 5.91 Å². The molecule has 0 aliphatic rings. The van der Waals surface area contributed by atoms with Crippen LogP contribution >= 0.6 is 19.4 Å². The van der Waals surface area contributed by atoms with Crippen LogP contribution in [0.5, 0.6) is 5.75 Å². The van der Waals surface area contributed by atoms with Gasteiger partial charge in [0.1, 0.15) is 5.75 Å². The Morgan fingerprint density at radius 1 is 1.00 bits per heavy atom. The molecule has 0 bridgehead atoms. The lowest BCUT2D eigenvalue weighted by atomic mass is 10.1. The Kier molecular flexibility index (Phi) is 6.06. The van der Waals surface area contributed by atoms with E-state index in [2.05, 4.69) is 5.32 Å². The van der Waals surface area contributed by atoms with Crippen molar-refractivity contribution in [1.29, 1.82) is 0 Å². The molecule has 28 heavy (non-hydrogen) atoms. The molecule has 0 spiro atoms. The lowest BCUT2D eigenvalue weighted by Gasteiger charge is -2.18. The second-order valence-corrected chi connectivity index (χ2v) is 8.26. The molecule has 0 saturated carbocycles. The van der Waals surface area contributed by atoms with Crippen LogP contribution in [-0.2, 0) is 13.6 Å². The maximum atomic E-state index is 13.0. The number of nitrogens with one attached hydrogen (secondary N) is 1. The van der Waals surface area contributed by atoms with Crippen LogP contribution in [0.2, 0.25) is 5.02 Å². The summed E-state index contributed by atoms with van der Waals surface area (Å²) in [4.78, 5) is 13.0. The van der Waals surface area contributed by atoms with Gasteiger partial charge in [-0.05, 0) is 53.6 Å². The number of phosphoric ester groups is 1. The van der Waals surface area contributed by atoms with Gasteiger partial charge in [-0.2, -0.15) is 0 Å². The highest BCUT2D eigenvalue weighted by atomic mass is 35.5. The number of fused-ring (bicyclic) bond motifs is 1. The van der Waals surface area contributed by atoms with E-state index in [9.17, 15) is 9.36 Å². The SMILES string of the molecule is COP(=O)(OC)Oc1cc2ccccc2cc1C(=O)Nc1ccc(Cl)cc1C. The summed E-state index contributed by atoms with van der Waals surface area (Å²) in [6, 6.07) is 15.9. The minimum atomic E-state index is -3.84. The number of aryl methyl sites for hydroxylation is 1. The number of benzene rings is 3. The summed E-state index contributed by atoms with van der Waals surface area (Å²) in [5.41, 5.74) is 1.61. The van der Waals surface area contributed by atoms with E-state index in [4.69, 9.17) is 25.2 Å². The quantitative estimate of drug-likeness (QED) is 0.508. The van der Waals surface area contributed by atoms with Crippen LogP contribution in [0.15, 0.2) is 54.6 Å². The van der Waals surface area contributed by atoms with Crippen molar-refractivity contribution in [3.05, 3.63) is 70.7 Å². The third-order valence-corrected chi connectivity index (χ3v) is 5.74. The zero-order valence-electron chi connectivity index (χ0n) is 15.6. The molecule has 0 aliphatic heterocycles. The zero-order chi connectivity index (χ0) is 20.3. The lowest BCUT2D eigenvalue weighted by molar-refractivity contribution is 0.102. The minimum absolute atomic E-state index is 0.0925. The van der Waals surface area contributed by atoms with E-state index in [-0.39, 0.29) is 11.3 Å². The molecule has 3 rings (SSSR count). The number of rotatable bonds is 6. The van der Waals surface area contributed by atoms with Gasteiger partial charge in [-0.3, -0.25) is 13.8 Å². The highest BCUT2D eigenvalue weighted by molar-refractivity contribution is 7.48. The summed E-state index contributed by atoms with van der Waals surface area (Å²) in [6.07, 6.45) is 0. The number of hydrogen-bond acceptors (Lipinski definition) is 5. The second kappa shape index (κ2) is 8.33. The van der Waals surface area contributed by atoms with Gasteiger partial charge >= 0.3 is 7.82 Å². The number of hydrogen-bond donors (Lipinski definition) is 1. The number of amides is 1. The molecule has 0 aromatic heterocycles. The number of carbonyl (C=O) groups is 1. The Labute approximate surface area is 168 Å². The standard InChI is InChI=1S/C20H19ClNO5P/c1-13-10-16(21)8-9-18(13)22-20(23)17-11-14-6-4-5-7-15(14)12-19(17)27-28(24,25-2)26-3/h4-12H,1-3H3,(H,22,23). The molecule has 3 aromatic carbocycles. The van der Waals surface area contributed by atoms with Crippen molar-refractivity contribution in [1.82, 2.24) is 0 Å². The summed E-state index contributed by atoms with van der Waals surface area (Å²) in [5.74, 6) is -0.334. The monoisotopic (exact) mass is 419 g/mol. The van der Waals surface area contributed by atoms with Gasteiger partial charge in [-0.25, -0.2) is 4.57 Å². The number of carbonyl (C=O) groups excluding carboxylic acids is 1. The molecule has 0 saturated heterocycles. The first-order chi connectivity index (χ1) is 13.3. The van der Waals surface area contributed by atoms with Crippen LogP contribution in [0.1, 0.15) is 15.9 Å². The molecular formula is C20H19ClNO5P. The Morgan fingerprint density at radius 3 is 2.25 bits per heavy atom. The first kappa shape index (κ1) is 20.4. The van der Waals surface area contributed by atoms with Crippen LogP contribution in [0.4, 0.5) is 5.69 Å². The van der Waals surface area contributed by atoms with Crippen molar-refractivity contribution < 1.29 is 22.9 Å². The summed E-state index contributed by atoms with van der Waals surface area (Å²) in [7, 11) is -1.42. The average molecular weight is 420 g/mol. The van der Waals surface area contributed by atoms with E-state index >= 15 is 0 Å². The predicted molar refractivity (Wildman–Crippen MR) is 110 cm³/mol.